The summed E-state index contributed by atoms with van der Waals surface area (Å²) in [5.74, 6) is -4.04. The molecule has 1 aromatic rings. The van der Waals surface area contributed by atoms with Crippen molar-refractivity contribution in [1.29, 1.82) is 0 Å². The maximum absolute atomic E-state index is 13.1. The number of ketones is 1. The lowest BCUT2D eigenvalue weighted by Crippen LogP contribution is -2.44. The van der Waals surface area contributed by atoms with Crippen LogP contribution in [0.15, 0.2) is 18.2 Å². The van der Waals surface area contributed by atoms with Crippen molar-refractivity contribution in [2.45, 2.75) is 16.6 Å². The Hall–Kier alpha value is -1.34. The number of amides is 1. The van der Waals surface area contributed by atoms with Gasteiger partial charge in [0.25, 0.3) is 0 Å². The highest BCUT2D eigenvalue weighted by Crippen LogP contribution is 2.47. The Balaban J connectivity index is 2.44. The van der Waals surface area contributed by atoms with Crippen LogP contribution in [-0.4, -0.2) is 22.2 Å². The highest BCUT2D eigenvalue weighted by atomic mass is 35.5. The standard InChI is InChI=1S/C11H5Cl2F4NO2/c12-10(13)7(18-9(20)11(15,16)17)5-2-1-4(14)3-6(5)8(10)19/h1-3,7H,(H,18,20). The molecule has 0 radical (unpaired) electrons. The minimum atomic E-state index is -5.16. The zero-order valence-electron chi connectivity index (χ0n) is 9.39. The van der Waals surface area contributed by atoms with E-state index in [0.717, 1.165) is 18.2 Å². The van der Waals surface area contributed by atoms with Crippen LogP contribution < -0.4 is 5.32 Å². The Morgan fingerprint density at radius 3 is 2.45 bits per heavy atom. The van der Waals surface area contributed by atoms with Gasteiger partial charge in [-0.25, -0.2) is 4.39 Å². The predicted molar refractivity (Wildman–Crippen MR) is 62.1 cm³/mol. The molecule has 0 saturated carbocycles. The van der Waals surface area contributed by atoms with Gasteiger partial charge in [-0.05, 0) is 17.7 Å². The molecule has 108 valence electrons. The fraction of sp³-hybridized carbons (Fsp3) is 0.273. The number of carbonyl (C=O) groups excluding carboxylic acids is 2. The lowest BCUT2D eigenvalue weighted by molar-refractivity contribution is -0.174. The fourth-order valence-electron chi connectivity index (χ4n) is 1.86. The SMILES string of the molecule is O=C(NC1c2ccc(F)cc2C(=O)C1(Cl)Cl)C(F)(F)F. The number of carbonyl (C=O) groups is 2. The number of benzene rings is 1. The fourth-order valence-corrected chi connectivity index (χ4v) is 2.41. The first-order chi connectivity index (χ1) is 9.05. The summed E-state index contributed by atoms with van der Waals surface area (Å²) in [6.07, 6.45) is -5.16. The number of fused-ring (bicyclic) bond motifs is 1. The van der Waals surface area contributed by atoms with Crippen LogP contribution in [0.2, 0.25) is 0 Å². The van der Waals surface area contributed by atoms with Crippen LogP contribution in [0, 0.1) is 5.82 Å². The molecule has 1 atom stereocenters. The largest absolute Gasteiger partial charge is 0.471 e. The molecule has 0 aromatic heterocycles. The lowest BCUT2D eigenvalue weighted by Gasteiger charge is -2.23. The molecule has 2 rings (SSSR count). The summed E-state index contributed by atoms with van der Waals surface area (Å²) < 4.78 is 47.5. The molecule has 1 aliphatic rings. The van der Waals surface area contributed by atoms with Gasteiger partial charge in [0, 0.05) is 5.56 Å². The molecule has 1 amide bonds. The van der Waals surface area contributed by atoms with E-state index >= 15 is 0 Å². The van der Waals surface area contributed by atoms with Gasteiger partial charge in [0.15, 0.2) is 0 Å². The molecule has 1 aliphatic carbocycles. The van der Waals surface area contributed by atoms with Crippen molar-refractivity contribution >= 4 is 34.9 Å². The average Bonchev–Trinajstić information content (AvgIpc) is 2.49. The Morgan fingerprint density at radius 2 is 1.90 bits per heavy atom. The molecule has 1 N–H and O–H groups in total. The molecule has 9 heteroatoms. The first-order valence-electron chi connectivity index (χ1n) is 5.15. The van der Waals surface area contributed by atoms with E-state index in [9.17, 15) is 27.2 Å². The highest BCUT2D eigenvalue weighted by molar-refractivity contribution is 6.61. The second-order valence-electron chi connectivity index (χ2n) is 4.09. The average molecular weight is 330 g/mol. The van der Waals surface area contributed by atoms with E-state index in [2.05, 4.69) is 0 Å². The Labute approximate surface area is 119 Å². The molecular formula is C11H5Cl2F4NO2. The van der Waals surface area contributed by atoms with Crippen LogP contribution in [0.3, 0.4) is 0 Å². The smallest absolute Gasteiger partial charge is 0.338 e. The molecule has 1 aromatic carbocycles. The van der Waals surface area contributed by atoms with Gasteiger partial charge in [-0.3, -0.25) is 9.59 Å². The van der Waals surface area contributed by atoms with Gasteiger partial charge in [-0.2, -0.15) is 13.2 Å². The first-order valence-corrected chi connectivity index (χ1v) is 5.90. The number of rotatable bonds is 1. The molecule has 0 heterocycles. The van der Waals surface area contributed by atoms with E-state index in [-0.39, 0.29) is 11.1 Å². The molecular weight excluding hydrogens is 325 g/mol. The van der Waals surface area contributed by atoms with Crippen molar-refractivity contribution in [2.75, 3.05) is 0 Å². The van der Waals surface area contributed by atoms with Gasteiger partial charge in [0.2, 0.25) is 10.1 Å². The minimum absolute atomic E-state index is 0.0704. The van der Waals surface area contributed by atoms with Crippen LogP contribution in [0.5, 0.6) is 0 Å². The van der Waals surface area contributed by atoms with Crippen molar-refractivity contribution in [3.05, 3.63) is 35.1 Å². The molecule has 0 spiro atoms. The quantitative estimate of drug-likeness (QED) is 0.636. The van der Waals surface area contributed by atoms with Crippen molar-refractivity contribution < 1.29 is 27.2 Å². The zero-order chi connectivity index (χ0) is 15.3. The van der Waals surface area contributed by atoms with Crippen molar-refractivity contribution in [1.82, 2.24) is 5.32 Å². The molecule has 0 saturated heterocycles. The first kappa shape index (κ1) is 15.1. The summed E-state index contributed by atoms with van der Waals surface area (Å²) in [7, 11) is 0. The minimum Gasteiger partial charge on any atom is -0.338 e. The highest BCUT2D eigenvalue weighted by Gasteiger charge is 2.54. The summed E-state index contributed by atoms with van der Waals surface area (Å²) in [6.45, 7) is 0. The normalized spacial score (nSPS) is 20.7. The monoisotopic (exact) mass is 329 g/mol. The second-order valence-corrected chi connectivity index (χ2v) is 5.47. The van der Waals surface area contributed by atoms with E-state index in [4.69, 9.17) is 23.2 Å². The van der Waals surface area contributed by atoms with Gasteiger partial charge in [-0.15, -0.1) is 0 Å². The third-order valence-electron chi connectivity index (χ3n) is 2.77. The van der Waals surface area contributed by atoms with Crippen molar-refractivity contribution in [3.8, 4) is 0 Å². The number of nitrogens with one attached hydrogen (secondary N) is 1. The maximum Gasteiger partial charge on any atom is 0.471 e. The maximum atomic E-state index is 13.1. The number of hydrogen-bond donors (Lipinski definition) is 1. The van der Waals surface area contributed by atoms with Gasteiger partial charge < -0.3 is 5.32 Å². The van der Waals surface area contributed by atoms with Gasteiger partial charge in [0.1, 0.15) is 5.82 Å². The van der Waals surface area contributed by atoms with Crippen LogP contribution in [0.25, 0.3) is 0 Å². The van der Waals surface area contributed by atoms with E-state index in [1.54, 1.807) is 5.32 Å². The summed E-state index contributed by atoms with van der Waals surface area (Å²) >= 11 is 11.4. The third-order valence-corrected chi connectivity index (χ3v) is 3.55. The molecule has 0 bridgehead atoms. The molecule has 0 fully saturated rings. The van der Waals surface area contributed by atoms with Gasteiger partial charge in [0.05, 0.1) is 6.04 Å². The van der Waals surface area contributed by atoms with Crippen LogP contribution in [-0.2, 0) is 4.79 Å². The van der Waals surface area contributed by atoms with Crippen LogP contribution >= 0.6 is 23.2 Å². The third kappa shape index (κ3) is 2.35. The summed E-state index contributed by atoms with van der Waals surface area (Å²) in [4.78, 5) is 22.8. The number of hydrogen-bond acceptors (Lipinski definition) is 2. The number of halogens is 6. The van der Waals surface area contributed by atoms with Gasteiger partial charge in [-0.1, -0.05) is 29.3 Å². The number of Topliss-reactive ketones (excluding diaryl/α,β-unsaturated/α-hetero) is 1. The molecule has 0 aliphatic heterocycles. The Bertz CT molecular complexity index is 601. The molecule has 20 heavy (non-hydrogen) atoms. The Morgan fingerprint density at radius 1 is 1.30 bits per heavy atom. The lowest BCUT2D eigenvalue weighted by atomic mass is 10.1. The van der Waals surface area contributed by atoms with Gasteiger partial charge >= 0.3 is 12.1 Å². The van der Waals surface area contributed by atoms with Crippen LogP contribution in [0.4, 0.5) is 17.6 Å². The van der Waals surface area contributed by atoms with Crippen molar-refractivity contribution in [2.24, 2.45) is 0 Å². The topological polar surface area (TPSA) is 46.2 Å². The van der Waals surface area contributed by atoms with E-state index in [1.165, 1.54) is 0 Å². The van der Waals surface area contributed by atoms with E-state index in [0.29, 0.717) is 0 Å². The summed E-state index contributed by atoms with van der Waals surface area (Å²) in [5, 5.41) is 1.54. The van der Waals surface area contributed by atoms with E-state index < -0.39 is 34.1 Å². The Kier molecular flexibility index (Phi) is 3.46. The predicted octanol–water partition coefficient (Wildman–Crippen LogP) is 2.92. The second kappa shape index (κ2) is 4.60. The molecule has 3 nitrogen and oxygen atoms in total. The summed E-state index contributed by atoms with van der Waals surface area (Å²) in [5.41, 5.74) is -0.332. The summed E-state index contributed by atoms with van der Waals surface area (Å²) in [6, 6.07) is 1.17. The van der Waals surface area contributed by atoms with Crippen molar-refractivity contribution in [3.63, 3.8) is 0 Å². The van der Waals surface area contributed by atoms with Crippen LogP contribution in [0.1, 0.15) is 22.0 Å². The number of alkyl halides is 5. The van der Waals surface area contributed by atoms with E-state index in [1.807, 2.05) is 0 Å². The molecule has 1 unspecified atom stereocenters. The zero-order valence-corrected chi connectivity index (χ0v) is 10.9.